The highest BCUT2D eigenvalue weighted by Gasteiger charge is 2.16. The summed E-state index contributed by atoms with van der Waals surface area (Å²) >= 11 is 0. The summed E-state index contributed by atoms with van der Waals surface area (Å²) in [6.07, 6.45) is 0. The fourth-order valence-corrected chi connectivity index (χ4v) is 2.41. The quantitative estimate of drug-likeness (QED) is 0.732. The molecule has 0 radical (unpaired) electrons. The van der Waals surface area contributed by atoms with Crippen molar-refractivity contribution in [2.75, 3.05) is 7.11 Å². The van der Waals surface area contributed by atoms with Gasteiger partial charge in [0, 0.05) is 0 Å². The Kier molecular flexibility index (Phi) is 4.70. The van der Waals surface area contributed by atoms with Crippen LogP contribution in [0.1, 0.15) is 21.8 Å². The predicted molar refractivity (Wildman–Crippen MR) is 91.0 cm³/mol. The maximum atomic E-state index is 11.2. The summed E-state index contributed by atoms with van der Waals surface area (Å²) in [5.41, 5.74) is 1.52. The van der Waals surface area contributed by atoms with Gasteiger partial charge in [0.1, 0.15) is 23.7 Å². The second-order valence-electron chi connectivity index (χ2n) is 5.32. The van der Waals surface area contributed by atoms with Crippen LogP contribution in [0.4, 0.5) is 0 Å². The van der Waals surface area contributed by atoms with Gasteiger partial charge in [0.25, 0.3) is 0 Å². The van der Waals surface area contributed by atoms with E-state index < -0.39 is 5.97 Å². The highest BCUT2D eigenvalue weighted by molar-refractivity contribution is 5.90. The van der Waals surface area contributed by atoms with Crippen molar-refractivity contribution in [2.24, 2.45) is 0 Å². The van der Waals surface area contributed by atoms with Crippen molar-refractivity contribution in [2.45, 2.75) is 13.5 Å². The van der Waals surface area contributed by atoms with Crippen molar-refractivity contribution in [1.29, 1.82) is 0 Å². The van der Waals surface area contributed by atoms with E-state index in [0.717, 1.165) is 5.56 Å². The molecule has 0 aliphatic carbocycles. The van der Waals surface area contributed by atoms with Gasteiger partial charge in [-0.05, 0) is 31.2 Å². The number of oxazole rings is 1. The largest absolute Gasteiger partial charge is 0.496 e. The molecule has 3 rings (SSSR count). The molecule has 1 N–H and O–H groups in total. The molecule has 0 saturated heterocycles. The van der Waals surface area contributed by atoms with E-state index in [4.69, 9.17) is 13.9 Å². The van der Waals surface area contributed by atoms with Crippen LogP contribution in [0.25, 0.3) is 11.5 Å². The number of para-hydroxylation sites is 2. The summed E-state index contributed by atoms with van der Waals surface area (Å²) in [6, 6.07) is 13.9. The third kappa shape index (κ3) is 3.47. The van der Waals surface area contributed by atoms with Crippen LogP contribution in [0, 0.1) is 6.92 Å². The van der Waals surface area contributed by atoms with Gasteiger partial charge in [-0.15, -0.1) is 0 Å². The Hall–Kier alpha value is -3.28. The third-order valence-corrected chi connectivity index (χ3v) is 3.71. The Morgan fingerprint density at radius 3 is 2.52 bits per heavy atom. The SMILES string of the molecule is COc1ccccc1-c1nc(C)c(COc2ccccc2C(=O)O)o1. The number of benzene rings is 2. The second kappa shape index (κ2) is 7.09. The zero-order valence-electron chi connectivity index (χ0n) is 13.9. The van der Waals surface area contributed by atoms with Gasteiger partial charge < -0.3 is 19.0 Å². The van der Waals surface area contributed by atoms with Crippen LogP contribution in [0.5, 0.6) is 11.5 Å². The number of nitrogens with zero attached hydrogens (tertiary/aromatic N) is 1. The molecule has 0 saturated carbocycles. The van der Waals surface area contributed by atoms with E-state index >= 15 is 0 Å². The van der Waals surface area contributed by atoms with Gasteiger partial charge in [-0.3, -0.25) is 0 Å². The molecule has 0 unspecified atom stereocenters. The Morgan fingerprint density at radius 2 is 1.80 bits per heavy atom. The lowest BCUT2D eigenvalue weighted by Gasteiger charge is -2.07. The topological polar surface area (TPSA) is 81.8 Å². The molecule has 0 spiro atoms. The zero-order valence-corrected chi connectivity index (χ0v) is 13.9. The molecule has 0 atom stereocenters. The van der Waals surface area contributed by atoms with Crippen LogP contribution in [-0.4, -0.2) is 23.2 Å². The minimum Gasteiger partial charge on any atom is -0.496 e. The van der Waals surface area contributed by atoms with E-state index in [-0.39, 0.29) is 17.9 Å². The Morgan fingerprint density at radius 1 is 1.12 bits per heavy atom. The van der Waals surface area contributed by atoms with E-state index in [2.05, 4.69) is 4.98 Å². The van der Waals surface area contributed by atoms with Gasteiger partial charge in [0.05, 0.1) is 18.4 Å². The molecule has 128 valence electrons. The molecular formula is C19H17NO5. The van der Waals surface area contributed by atoms with E-state index in [1.807, 2.05) is 31.2 Å². The Labute approximate surface area is 144 Å². The molecular weight excluding hydrogens is 322 g/mol. The van der Waals surface area contributed by atoms with Crippen molar-refractivity contribution in [1.82, 2.24) is 4.98 Å². The van der Waals surface area contributed by atoms with E-state index in [0.29, 0.717) is 23.1 Å². The Bertz CT molecular complexity index is 900. The van der Waals surface area contributed by atoms with Crippen molar-refractivity contribution < 1.29 is 23.8 Å². The van der Waals surface area contributed by atoms with Crippen LogP contribution in [-0.2, 0) is 6.61 Å². The van der Waals surface area contributed by atoms with Crippen molar-refractivity contribution in [3.05, 3.63) is 65.5 Å². The number of rotatable bonds is 6. The van der Waals surface area contributed by atoms with Gasteiger partial charge in [-0.2, -0.15) is 0 Å². The average molecular weight is 339 g/mol. The summed E-state index contributed by atoms with van der Waals surface area (Å²) in [4.78, 5) is 15.6. The number of hydrogen-bond acceptors (Lipinski definition) is 5. The molecule has 0 bridgehead atoms. The fourth-order valence-electron chi connectivity index (χ4n) is 2.41. The zero-order chi connectivity index (χ0) is 17.8. The first-order valence-electron chi connectivity index (χ1n) is 7.65. The minimum atomic E-state index is -1.04. The number of methoxy groups -OCH3 is 1. The van der Waals surface area contributed by atoms with Gasteiger partial charge in [0.2, 0.25) is 5.89 Å². The van der Waals surface area contributed by atoms with E-state index in [1.165, 1.54) is 6.07 Å². The highest BCUT2D eigenvalue weighted by atomic mass is 16.5. The lowest BCUT2D eigenvalue weighted by Crippen LogP contribution is -2.03. The van der Waals surface area contributed by atoms with Gasteiger partial charge in [0.15, 0.2) is 5.76 Å². The maximum absolute atomic E-state index is 11.2. The van der Waals surface area contributed by atoms with Crippen LogP contribution >= 0.6 is 0 Å². The summed E-state index contributed by atoms with van der Waals surface area (Å²) in [6.45, 7) is 1.89. The van der Waals surface area contributed by atoms with Gasteiger partial charge >= 0.3 is 5.97 Å². The van der Waals surface area contributed by atoms with Crippen LogP contribution < -0.4 is 9.47 Å². The lowest BCUT2D eigenvalue weighted by atomic mass is 10.2. The first-order valence-corrected chi connectivity index (χ1v) is 7.65. The third-order valence-electron chi connectivity index (χ3n) is 3.71. The average Bonchev–Trinajstić information content (AvgIpc) is 3.00. The van der Waals surface area contributed by atoms with Gasteiger partial charge in [-0.25, -0.2) is 9.78 Å². The first kappa shape index (κ1) is 16.6. The highest BCUT2D eigenvalue weighted by Crippen LogP contribution is 2.30. The van der Waals surface area contributed by atoms with Crippen molar-refractivity contribution >= 4 is 5.97 Å². The summed E-state index contributed by atoms with van der Waals surface area (Å²) in [5.74, 6) is 0.859. The molecule has 1 heterocycles. The number of aryl methyl sites for hydroxylation is 1. The summed E-state index contributed by atoms with van der Waals surface area (Å²) in [5, 5.41) is 9.20. The monoisotopic (exact) mass is 339 g/mol. The maximum Gasteiger partial charge on any atom is 0.339 e. The molecule has 6 nitrogen and oxygen atoms in total. The van der Waals surface area contributed by atoms with Gasteiger partial charge in [-0.1, -0.05) is 24.3 Å². The van der Waals surface area contributed by atoms with E-state index in [1.54, 1.807) is 25.3 Å². The van der Waals surface area contributed by atoms with Crippen molar-refractivity contribution in [3.8, 4) is 23.0 Å². The van der Waals surface area contributed by atoms with E-state index in [9.17, 15) is 9.90 Å². The molecule has 3 aromatic rings. The van der Waals surface area contributed by atoms with Crippen molar-refractivity contribution in [3.63, 3.8) is 0 Å². The molecule has 25 heavy (non-hydrogen) atoms. The molecule has 2 aromatic carbocycles. The molecule has 1 aromatic heterocycles. The molecule has 6 heteroatoms. The summed E-state index contributed by atoms with van der Waals surface area (Å²) in [7, 11) is 1.58. The summed E-state index contributed by atoms with van der Waals surface area (Å²) < 4.78 is 16.8. The number of aromatic carboxylic acids is 1. The normalized spacial score (nSPS) is 10.5. The standard InChI is InChI=1S/C19H17NO5/c1-12-17(11-24-16-10-6-4-8-14(16)19(21)22)25-18(20-12)13-7-3-5-9-15(13)23-2/h3-10H,11H2,1-2H3,(H,21,22). The number of carboxylic acid groups (broad SMARTS) is 1. The number of ether oxygens (including phenoxy) is 2. The number of carbonyl (C=O) groups is 1. The minimum absolute atomic E-state index is 0.0816. The molecule has 0 amide bonds. The lowest BCUT2D eigenvalue weighted by molar-refractivity contribution is 0.0691. The second-order valence-corrected chi connectivity index (χ2v) is 5.32. The molecule has 0 aliphatic heterocycles. The molecule has 0 aliphatic rings. The van der Waals surface area contributed by atoms with Crippen LogP contribution in [0.15, 0.2) is 52.9 Å². The molecule has 0 fully saturated rings. The fraction of sp³-hybridized carbons (Fsp3) is 0.158. The Balaban J connectivity index is 1.84. The first-order chi connectivity index (χ1) is 12.1. The predicted octanol–water partition coefficient (Wildman–Crippen LogP) is 3.94. The number of hydrogen-bond donors (Lipinski definition) is 1. The smallest absolute Gasteiger partial charge is 0.339 e. The number of carboxylic acids is 1. The van der Waals surface area contributed by atoms with Crippen LogP contribution in [0.2, 0.25) is 0 Å². The van der Waals surface area contributed by atoms with Crippen LogP contribution in [0.3, 0.4) is 0 Å². The number of aromatic nitrogens is 1.